The molecular weight excluding hydrogens is 611 g/mol. The van der Waals surface area contributed by atoms with Crippen molar-refractivity contribution < 1.29 is 0 Å². The highest BCUT2D eigenvalue weighted by Crippen LogP contribution is 2.40. The number of benzene rings is 7. The Bertz CT molecular complexity index is 2970. The van der Waals surface area contributed by atoms with E-state index in [4.69, 9.17) is 13.1 Å². The first-order chi connectivity index (χ1) is 24.6. The minimum Gasteiger partial charge on any atom is -0.311 e. The molecular formula is C45H25N5. The van der Waals surface area contributed by atoms with Gasteiger partial charge in [0.05, 0.1) is 41.3 Å². The number of nitrogens with zero attached hydrogens (tertiary/aromatic N) is 5. The first kappa shape index (κ1) is 28.8. The molecule has 0 radical (unpaired) electrons. The van der Waals surface area contributed by atoms with E-state index in [-0.39, 0.29) is 0 Å². The van der Waals surface area contributed by atoms with Gasteiger partial charge in [-0.05, 0) is 77.4 Å². The van der Waals surface area contributed by atoms with Crippen LogP contribution in [0.15, 0.2) is 152 Å². The summed E-state index contributed by atoms with van der Waals surface area (Å²) >= 11 is 0. The summed E-state index contributed by atoms with van der Waals surface area (Å²) in [4.78, 5) is 7.52. The van der Waals surface area contributed by atoms with Crippen LogP contribution in [-0.2, 0) is 0 Å². The van der Waals surface area contributed by atoms with E-state index in [1.807, 2.05) is 78.9 Å². The topological polar surface area (TPSA) is 42.4 Å². The highest BCUT2D eigenvalue weighted by Gasteiger charge is 2.18. The molecule has 0 aliphatic carbocycles. The Labute approximate surface area is 288 Å². The molecule has 5 nitrogen and oxygen atoms in total. The minimum absolute atomic E-state index is 0.549. The Morgan fingerprint density at radius 2 is 1.08 bits per heavy atom. The lowest BCUT2D eigenvalue weighted by molar-refractivity contribution is 1.18. The summed E-state index contributed by atoms with van der Waals surface area (Å²) in [5, 5.41) is 13.9. The van der Waals surface area contributed by atoms with Gasteiger partial charge in [-0.25, -0.2) is 9.69 Å². The van der Waals surface area contributed by atoms with Gasteiger partial charge in [-0.3, -0.25) is 0 Å². The standard InChI is InChI=1S/C45H25N5/c1-47-33-18-20-36(44(26-33)50-42-16-6-3-13-37(42)39-21-19-34(48-2)27-45(39)50)32-11-7-9-30(24-32)31-10-8-12-35(25-31)49-41-15-5-4-14-38(41)40-23-29(28-46)17-22-43(40)49/h3-27H. The molecule has 2 heterocycles. The number of aromatic nitrogens is 2. The second-order valence-electron chi connectivity index (χ2n) is 12.3. The van der Waals surface area contributed by atoms with Crippen LogP contribution in [0.5, 0.6) is 0 Å². The maximum absolute atomic E-state index is 9.59. The van der Waals surface area contributed by atoms with Crippen molar-refractivity contribution in [2.75, 3.05) is 0 Å². The molecule has 0 aliphatic rings. The minimum atomic E-state index is 0.549. The zero-order chi connectivity index (χ0) is 33.8. The van der Waals surface area contributed by atoms with Gasteiger partial charge in [0, 0.05) is 44.0 Å². The Hall–Kier alpha value is -7.39. The Balaban J connectivity index is 1.22. The van der Waals surface area contributed by atoms with Crippen LogP contribution in [0.4, 0.5) is 11.4 Å². The fourth-order valence-corrected chi connectivity index (χ4v) is 7.32. The van der Waals surface area contributed by atoms with Crippen LogP contribution in [0.25, 0.3) is 86.9 Å². The highest BCUT2D eigenvalue weighted by molar-refractivity contribution is 6.11. The molecule has 0 atom stereocenters. The van der Waals surface area contributed by atoms with E-state index < -0.39 is 0 Å². The lowest BCUT2D eigenvalue weighted by Gasteiger charge is -2.16. The third-order valence-electron chi connectivity index (χ3n) is 9.55. The number of nitriles is 1. The van der Waals surface area contributed by atoms with Gasteiger partial charge in [0.15, 0.2) is 11.4 Å². The van der Waals surface area contributed by atoms with Crippen molar-refractivity contribution in [3.63, 3.8) is 0 Å². The molecule has 5 heteroatoms. The van der Waals surface area contributed by atoms with E-state index in [1.54, 1.807) is 0 Å². The van der Waals surface area contributed by atoms with Gasteiger partial charge in [0.25, 0.3) is 0 Å². The largest absolute Gasteiger partial charge is 0.311 e. The molecule has 230 valence electrons. The number of hydrogen-bond acceptors (Lipinski definition) is 1. The van der Waals surface area contributed by atoms with Gasteiger partial charge in [0.2, 0.25) is 0 Å². The second-order valence-corrected chi connectivity index (χ2v) is 12.3. The van der Waals surface area contributed by atoms with Crippen molar-refractivity contribution in [1.29, 1.82) is 5.26 Å². The fraction of sp³-hybridized carbons (Fsp3) is 0. The zero-order valence-electron chi connectivity index (χ0n) is 26.7. The number of hydrogen-bond donors (Lipinski definition) is 0. The van der Waals surface area contributed by atoms with Crippen molar-refractivity contribution in [2.24, 2.45) is 0 Å². The molecule has 0 N–H and O–H groups in total. The molecule has 9 rings (SSSR count). The molecule has 0 amide bonds. The molecule has 0 fully saturated rings. The lowest BCUT2D eigenvalue weighted by atomic mass is 9.97. The summed E-state index contributed by atoms with van der Waals surface area (Å²) < 4.78 is 4.46. The van der Waals surface area contributed by atoms with Crippen molar-refractivity contribution in [1.82, 2.24) is 9.13 Å². The zero-order valence-corrected chi connectivity index (χ0v) is 26.7. The van der Waals surface area contributed by atoms with Gasteiger partial charge < -0.3 is 9.13 Å². The van der Waals surface area contributed by atoms with Crippen LogP contribution in [-0.4, -0.2) is 9.13 Å². The first-order valence-electron chi connectivity index (χ1n) is 16.2. The molecule has 7 aromatic carbocycles. The second kappa shape index (κ2) is 11.4. The van der Waals surface area contributed by atoms with Crippen LogP contribution in [0.1, 0.15) is 5.56 Å². The normalized spacial score (nSPS) is 11.1. The molecule has 0 bridgehead atoms. The molecule has 50 heavy (non-hydrogen) atoms. The summed E-state index contributed by atoms with van der Waals surface area (Å²) in [5.74, 6) is 0. The number of rotatable bonds is 4. The van der Waals surface area contributed by atoms with Crippen LogP contribution in [0, 0.1) is 24.5 Å². The van der Waals surface area contributed by atoms with Crippen molar-refractivity contribution in [3.05, 3.63) is 180 Å². The third-order valence-corrected chi connectivity index (χ3v) is 9.55. The van der Waals surface area contributed by atoms with Gasteiger partial charge in [-0.1, -0.05) is 91.0 Å². The smallest absolute Gasteiger partial charge is 0.189 e. The fourth-order valence-electron chi connectivity index (χ4n) is 7.32. The molecule has 9 aromatic rings. The van der Waals surface area contributed by atoms with Gasteiger partial charge in [-0.15, -0.1) is 0 Å². The summed E-state index contributed by atoms with van der Waals surface area (Å²) in [7, 11) is 0. The lowest BCUT2D eigenvalue weighted by Crippen LogP contribution is -1.97. The van der Waals surface area contributed by atoms with Crippen molar-refractivity contribution in [2.45, 2.75) is 0 Å². The molecule has 0 saturated carbocycles. The monoisotopic (exact) mass is 635 g/mol. The SMILES string of the molecule is [C-]#[N+]c1ccc(-c2cccc(-c3cccc(-n4c5ccccc5c5cc(C#N)ccc54)c3)c2)c(-n2c3ccccc3c3ccc([N+]#[C-])cc32)c1. The average molecular weight is 636 g/mol. The van der Waals surface area contributed by atoms with Gasteiger partial charge >= 0.3 is 0 Å². The van der Waals surface area contributed by atoms with E-state index in [0.29, 0.717) is 16.9 Å². The van der Waals surface area contributed by atoms with E-state index >= 15 is 0 Å². The predicted octanol–water partition coefficient (Wildman–Crippen LogP) is 12.2. The average Bonchev–Trinajstić information content (AvgIpc) is 3.69. The molecule has 0 spiro atoms. The van der Waals surface area contributed by atoms with Gasteiger partial charge in [0.1, 0.15) is 0 Å². The van der Waals surface area contributed by atoms with E-state index in [9.17, 15) is 5.26 Å². The van der Waals surface area contributed by atoms with Crippen LogP contribution in [0.2, 0.25) is 0 Å². The molecule has 2 aromatic heterocycles. The summed E-state index contributed by atoms with van der Waals surface area (Å²) in [6.45, 7) is 15.5. The van der Waals surface area contributed by atoms with Crippen molar-refractivity contribution in [3.8, 4) is 39.7 Å². The van der Waals surface area contributed by atoms with Crippen LogP contribution in [0.3, 0.4) is 0 Å². The molecule has 0 saturated heterocycles. The first-order valence-corrected chi connectivity index (χ1v) is 16.2. The highest BCUT2D eigenvalue weighted by atomic mass is 15.0. The maximum atomic E-state index is 9.59. The van der Waals surface area contributed by atoms with E-state index in [0.717, 1.165) is 77.2 Å². The Morgan fingerprint density at radius 1 is 0.460 bits per heavy atom. The quantitative estimate of drug-likeness (QED) is 0.177. The van der Waals surface area contributed by atoms with E-state index in [1.165, 1.54) is 0 Å². The maximum Gasteiger partial charge on any atom is 0.189 e. The van der Waals surface area contributed by atoms with Crippen LogP contribution < -0.4 is 0 Å². The van der Waals surface area contributed by atoms with Crippen LogP contribution >= 0.6 is 0 Å². The van der Waals surface area contributed by atoms with Crippen molar-refractivity contribution >= 4 is 55.0 Å². The van der Waals surface area contributed by atoms with E-state index in [2.05, 4.69) is 97.7 Å². The number of para-hydroxylation sites is 2. The summed E-state index contributed by atoms with van der Waals surface area (Å²) in [6.07, 6.45) is 0. The van der Waals surface area contributed by atoms with Gasteiger partial charge in [-0.2, -0.15) is 5.26 Å². The molecule has 0 aliphatic heterocycles. The number of fused-ring (bicyclic) bond motifs is 6. The molecule has 0 unspecified atom stereocenters. The Kier molecular flexibility index (Phi) is 6.56. The third kappa shape index (κ3) is 4.45. The predicted molar refractivity (Wildman–Crippen MR) is 203 cm³/mol. The summed E-state index contributed by atoms with van der Waals surface area (Å²) in [6, 6.07) is 53.5. The Morgan fingerprint density at radius 3 is 1.86 bits per heavy atom. The summed E-state index contributed by atoms with van der Waals surface area (Å²) in [5.41, 5.74) is 11.9.